The lowest BCUT2D eigenvalue weighted by Crippen LogP contribution is -2.25. The standard InChI is InChI=1S/C6H13NSi/c1-8(2)3-5-6(4-8)7-5/h5-7H,3-4H2,1-2H3. The molecule has 2 rings (SSSR count). The van der Waals surface area contributed by atoms with Crippen LogP contribution in [0.1, 0.15) is 0 Å². The van der Waals surface area contributed by atoms with Gasteiger partial charge in [0.25, 0.3) is 0 Å². The summed E-state index contributed by atoms with van der Waals surface area (Å²) in [5, 5.41) is 3.46. The van der Waals surface area contributed by atoms with E-state index in [1.54, 1.807) is 0 Å². The summed E-state index contributed by atoms with van der Waals surface area (Å²) in [5.74, 6) is 0. The molecule has 1 N–H and O–H groups in total. The first-order valence-corrected chi connectivity index (χ1v) is 6.85. The average molecular weight is 127 g/mol. The quantitative estimate of drug-likeness (QED) is 0.381. The van der Waals surface area contributed by atoms with Crippen molar-refractivity contribution in [1.82, 2.24) is 5.32 Å². The van der Waals surface area contributed by atoms with Gasteiger partial charge in [0.1, 0.15) is 0 Å². The van der Waals surface area contributed by atoms with E-state index >= 15 is 0 Å². The van der Waals surface area contributed by atoms with Crippen LogP contribution in [-0.2, 0) is 0 Å². The van der Waals surface area contributed by atoms with Gasteiger partial charge in [-0.05, 0) is 12.1 Å². The van der Waals surface area contributed by atoms with E-state index in [2.05, 4.69) is 18.4 Å². The second kappa shape index (κ2) is 1.19. The van der Waals surface area contributed by atoms with Crippen molar-refractivity contribution in [3.8, 4) is 0 Å². The highest BCUT2D eigenvalue weighted by atomic mass is 28.3. The third-order valence-corrected chi connectivity index (χ3v) is 5.44. The van der Waals surface area contributed by atoms with Gasteiger partial charge in [0.2, 0.25) is 0 Å². The average Bonchev–Trinajstić information content (AvgIpc) is 2.11. The molecule has 2 fully saturated rings. The highest BCUT2D eigenvalue weighted by molar-refractivity contribution is 6.78. The topological polar surface area (TPSA) is 21.9 Å². The minimum Gasteiger partial charge on any atom is -0.309 e. The van der Waals surface area contributed by atoms with Gasteiger partial charge in [-0.3, -0.25) is 0 Å². The van der Waals surface area contributed by atoms with Crippen molar-refractivity contribution < 1.29 is 0 Å². The van der Waals surface area contributed by atoms with Crippen LogP contribution < -0.4 is 5.32 Å². The van der Waals surface area contributed by atoms with E-state index in [0.717, 1.165) is 12.1 Å². The molecule has 2 saturated heterocycles. The van der Waals surface area contributed by atoms with Crippen LogP contribution in [0.25, 0.3) is 0 Å². The normalized spacial score (nSPS) is 48.8. The Hall–Kier alpha value is 0.177. The van der Waals surface area contributed by atoms with E-state index in [4.69, 9.17) is 0 Å². The largest absolute Gasteiger partial charge is 0.309 e. The zero-order valence-corrected chi connectivity index (χ0v) is 6.57. The third-order valence-electron chi connectivity index (χ3n) is 2.35. The zero-order valence-electron chi connectivity index (χ0n) is 5.57. The lowest BCUT2D eigenvalue weighted by atomic mass is 10.4. The fourth-order valence-electron chi connectivity index (χ4n) is 1.90. The molecule has 1 nitrogen and oxygen atoms in total. The van der Waals surface area contributed by atoms with E-state index in [1.807, 2.05) is 0 Å². The number of hydrogen-bond donors (Lipinski definition) is 1. The smallest absolute Gasteiger partial charge is 0.0505 e. The lowest BCUT2D eigenvalue weighted by molar-refractivity contribution is 1.04. The monoisotopic (exact) mass is 127 g/mol. The molecular formula is C6H13NSi. The van der Waals surface area contributed by atoms with E-state index in [9.17, 15) is 0 Å². The van der Waals surface area contributed by atoms with Gasteiger partial charge in [-0.25, -0.2) is 0 Å². The van der Waals surface area contributed by atoms with Crippen LogP contribution in [0, 0.1) is 0 Å². The van der Waals surface area contributed by atoms with Crippen LogP contribution in [-0.4, -0.2) is 20.2 Å². The maximum absolute atomic E-state index is 3.46. The molecule has 2 unspecified atom stereocenters. The summed E-state index contributed by atoms with van der Waals surface area (Å²) in [7, 11) is -0.616. The molecule has 2 atom stereocenters. The Labute approximate surface area is 51.5 Å². The van der Waals surface area contributed by atoms with Crippen molar-refractivity contribution in [1.29, 1.82) is 0 Å². The predicted molar refractivity (Wildman–Crippen MR) is 37.8 cm³/mol. The molecule has 0 radical (unpaired) electrons. The minimum absolute atomic E-state index is 0.616. The van der Waals surface area contributed by atoms with Crippen molar-refractivity contribution >= 4 is 8.07 Å². The number of fused-ring (bicyclic) bond motifs is 1. The third kappa shape index (κ3) is 0.633. The second-order valence-electron chi connectivity index (χ2n) is 3.95. The zero-order chi connectivity index (χ0) is 5.78. The predicted octanol–water partition coefficient (Wildman–Crippen LogP) is 1.05. The molecule has 0 amide bonds. The van der Waals surface area contributed by atoms with E-state index < -0.39 is 8.07 Å². The molecule has 2 heterocycles. The summed E-state index contributed by atoms with van der Waals surface area (Å²) in [4.78, 5) is 0. The Morgan fingerprint density at radius 3 is 2.00 bits per heavy atom. The van der Waals surface area contributed by atoms with Crippen LogP contribution in [0.15, 0.2) is 0 Å². The maximum Gasteiger partial charge on any atom is 0.0505 e. The van der Waals surface area contributed by atoms with Gasteiger partial charge in [0.15, 0.2) is 0 Å². The fraction of sp³-hybridized carbons (Fsp3) is 1.00. The number of hydrogen-bond acceptors (Lipinski definition) is 1. The second-order valence-corrected chi connectivity index (χ2v) is 9.10. The van der Waals surface area contributed by atoms with Gasteiger partial charge in [-0.1, -0.05) is 13.1 Å². The van der Waals surface area contributed by atoms with Crippen LogP contribution in [0.2, 0.25) is 25.2 Å². The molecule has 0 aromatic heterocycles. The molecule has 0 aromatic carbocycles. The van der Waals surface area contributed by atoms with Crippen LogP contribution in [0.4, 0.5) is 0 Å². The molecule has 0 aromatic rings. The number of rotatable bonds is 0. The van der Waals surface area contributed by atoms with Crippen molar-refractivity contribution in [2.45, 2.75) is 37.3 Å². The van der Waals surface area contributed by atoms with Crippen molar-refractivity contribution in [3.63, 3.8) is 0 Å². The summed E-state index contributed by atoms with van der Waals surface area (Å²) >= 11 is 0. The lowest BCUT2D eigenvalue weighted by Gasteiger charge is -2.14. The Morgan fingerprint density at radius 2 is 1.75 bits per heavy atom. The fourth-order valence-corrected chi connectivity index (χ4v) is 5.25. The first-order valence-electron chi connectivity index (χ1n) is 3.43. The molecule has 0 spiro atoms. The Bertz CT molecular complexity index is 110. The van der Waals surface area contributed by atoms with Gasteiger partial charge < -0.3 is 5.32 Å². The first kappa shape index (κ1) is 5.00. The Balaban J connectivity index is 2.08. The van der Waals surface area contributed by atoms with E-state index in [-0.39, 0.29) is 0 Å². The summed E-state index contributed by atoms with van der Waals surface area (Å²) in [5.41, 5.74) is 0. The summed E-state index contributed by atoms with van der Waals surface area (Å²) in [6.07, 6.45) is 0. The summed E-state index contributed by atoms with van der Waals surface area (Å²) < 4.78 is 0. The van der Waals surface area contributed by atoms with Gasteiger partial charge in [0.05, 0.1) is 8.07 Å². The van der Waals surface area contributed by atoms with Crippen molar-refractivity contribution in [2.24, 2.45) is 0 Å². The van der Waals surface area contributed by atoms with E-state index in [0.29, 0.717) is 0 Å². The van der Waals surface area contributed by atoms with Crippen molar-refractivity contribution in [2.75, 3.05) is 0 Å². The SMILES string of the molecule is C[Si]1(C)CC2NC2C1. The first-order chi connectivity index (χ1) is 3.67. The molecule has 8 heavy (non-hydrogen) atoms. The molecule has 2 aliphatic heterocycles. The van der Waals surface area contributed by atoms with Gasteiger partial charge in [0, 0.05) is 12.1 Å². The highest BCUT2D eigenvalue weighted by Crippen LogP contribution is 2.38. The van der Waals surface area contributed by atoms with E-state index in [1.165, 1.54) is 12.1 Å². The number of nitrogens with one attached hydrogen (secondary N) is 1. The summed E-state index contributed by atoms with van der Waals surface area (Å²) in [6.45, 7) is 5.00. The molecule has 46 valence electrons. The van der Waals surface area contributed by atoms with Crippen LogP contribution in [0.5, 0.6) is 0 Å². The summed E-state index contributed by atoms with van der Waals surface area (Å²) in [6, 6.07) is 5.02. The minimum atomic E-state index is -0.616. The molecule has 2 heteroatoms. The van der Waals surface area contributed by atoms with Crippen LogP contribution >= 0.6 is 0 Å². The maximum atomic E-state index is 3.46. The van der Waals surface area contributed by atoms with Crippen LogP contribution in [0.3, 0.4) is 0 Å². The van der Waals surface area contributed by atoms with Crippen molar-refractivity contribution in [3.05, 3.63) is 0 Å². The highest BCUT2D eigenvalue weighted by Gasteiger charge is 2.49. The Kier molecular flexibility index (Phi) is 0.743. The molecular weight excluding hydrogens is 114 g/mol. The van der Waals surface area contributed by atoms with Gasteiger partial charge >= 0.3 is 0 Å². The molecule has 2 aliphatic rings. The van der Waals surface area contributed by atoms with Gasteiger partial charge in [-0.2, -0.15) is 0 Å². The molecule has 0 saturated carbocycles. The Morgan fingerprint density at radius 1 is 1.25 bits per heavy atom. The molecule has 0 aliphatic carbocycles. The molecule has 0 bridgehead atoms. The van der Waals surface area contributed by atoms with Gasteiger partial charge in [-0.15, -0.1) is 0 Å².